The van der Waals surface area contributed by atoms with Gasteiger partial charge in [-0.3, -0.25) is 0 Å². The Morgan fingerprint density at radius 3 is 2.38 bits per heavy atom. The number of rotatable bonds is 7. The average Bonchev–Trinajstić information content (AvgIpc) is 2.10. The highest BCUT2D eigenvalue weighted by Crippen LogP contribution is 2.12. The molecule has 0 aromatic carbocycles. The van der Waals surface area contributed by atoms with Crippen molar-refractivity contribution in [1.29, 1.82) is 0 Å². The third kappa shape index (κ3) is 8.89. The van der Waals surface area contributed by atoms with Gasteiger partial charge in [-0.15, -0.1) is 0 Å². The molecule has 0 aliphatic heterocycles. The highest BCUT2D eigenvalue weighted by Gasteiger charge is 2.29. The second-order valence-electron chi connectivity index (χ2n) is 3.32. The van der Waals surface area contributed by atoms with E-state index in [1.54, 1.807) is 0 Å². The van der Waals surface area contributed by atoms with Crippen LogP contribution in [0.4, 0.5) is 13.2 Å². The summed E-state index contributed by atoms with van der Waals surface area (Å²) in [5, 5.41) is 8.48. The smallest absolute Gasteiger partial charge is 0.396 e. The van der Waals surface area contributed by atoms with E-state index in [1.807, 2.05) is 4.72 Å². The fourth-order valence-corrected chi connectivity index (χ4v) is 2.02. The minimum atomic E-state index is -4.58. The fourth-order valence-electron chi connectivity index (χ4n) is 0.940. The first-order chi connectivity index (χ1) is 7.16. The van der Waals surface area contributed by atoms with E-state index in [1.165, 1.54) is 11.6 Å². The first-order valence-corrected chi connectivity index (χ1v) is 6.09. The molecular formula is C7H15F3N2O3S. The van der Waals surface area contributed by atoms with Gasteiger partial charge in [0.05, 0.1) is 0 Å². The molecule has 0 amide bonds. The monoisotopic (exact) mass is 264 g/mol. The van der Waals surface area contributed by atoms with Gasteiger partial charge in [-0.25, -0.2) is 0 Å². The molecule has 0 rings (SSSR count). The molecule has 0 aliphatic carbocycles. The van der Waals surface area contributed by atoms with Crippen LogP contribution in [-0.2, 0) is 10.2 Å². The van der Waals surface area contributed by atoms with Crippen molar-refractivity contribution in [3.8, 4) is 0 Å². The van der Waals surface area contributed by atoms with E-state index in [-0.39, 0.29) is 6.61 Å². The lowest BCUT2D eigenvalue weighted by atomic mass is 10.2. The topological polar surface area (TPSA) is 78.4 Å². The van der Waals surface area contributed by atoms with Crippen LogP contribution in [0.1, 0.15) is 19.8 Å². The predicted molar refractivity (Wildman–Crippen MR) is 51.9 cm³/mol. The zero-order valence-electron chi connectivity index (χ0n) is 8.71. The lowest BCUT2D eigenvalue weighted by Gasteiger charge is -2.15. The van der Waals surface area contributed by atoms with Crippen LogP contribution >= 0.6 is 0 Å². The van der Waals surface area contributed by atoms with Crippen molar-refractivity contribution in [1.82, 2.24) is 9.44 Å². The molecule has 0 fully saturated rings. The van der Waals surface area contributed by atoms with Gasteiger partial charge >= 0.3 is 6.18 Å². The van der Waals surface area contributed by atoms with E-state index in [4.69, 9.17) is 5.11 Å². The van der Waals surface area contributed by atoms with Gasteiger partial charge in [0, 0.05) is 12.6 Å². The molecule has 0 bridgehead atoms. The van der Waals surface area contributed by atoms with Crippen LogP contribution in [0.5, 0.6) is 0 Å². The number of hydrogen-bond acceptors (Lipinski definition) is 3. The van der Waals surface area contributed by atoms with E-state index in [0.717, 1.165) is 0 Å². The van der Waals surface area contributed by atoms with E-state index in [2.05, 4.69) is 0 Å². The van der Waals surface area contributed by atoms with Crippen molar-refractivity contribution < 1.29 is 26.7 Å². The standard InChI is InChI=1S/C7H15F3N2O3S/c1-6(3-2-4-13)12-16(14,15)11-5-7(8,9)10/h6,11-13H,2-5H2,1H3. The Labute approximate surface area is 92.2 Å². The highest BCUT2D eigenvalue weighted by molar-refractivity contribution is 7.87. The summed E-state index contributed by atoms with van der Waals surface area (Å²) in [6.45, 7) is -0.195. The Morgan fingerprint density at radius 2 is 1.94 bits per heavy atom. The van der Waals surface area contributed by atoms with Crippen LogP contribution in [0.2, 0.25) is 0 Å². The number of alkyl halides is 3. The normalized spacial score (nSPS) is 15.1. The molecule has 0 aromatic heterocycles. The molecule has 0 heterocycles. The van der Waals surface area contributed by atoms with Gasteiger partial charge < -0.3 is 5.11 Å². The molecule has 1 atom stereocenters. The molecule has 1 unspecified atom stereocenters. The average molecular weight is 264 g/mol. The number of aliphatic hydroxyl groups is 1. The van der Waals surface area contributed by atoms with Crippen LogP contribution in [0.15, 0.2) is 0 Å². The van der Waals surface area contributed by atoms with Crippen molar-refractivity contribution in [2.45, 2.75) is 32.0 Å². The maximum absolute atomic E-state index is 11.7. The van der Waals surface area contributed by atoms with Gasteiger partial charge in [0.15, 0.2) is 0 Å². The Kier molecular flexibility index (Phi) is 6.23. The molecule has 0 spiro atoms. The van der Waals surface area contributed by atoms with Crippen LogP contribution in [0.3, 0.4) is 0 Å². The molecule has 0 aliphatic rings. The van der Waals surface area contributed by atoms with Crippen molar-refractivity contribution in [3.05, 3.63) is 0 Å². The lowest BCUT2D eigenvalue weighted by Crippen LogP contribution is -2.44. The number of aliphatic hydroxyl groups excluding tert-OH is 1. The van der Waals surface area contributed by atoms with Crippen molar-refractivity contribution in [2.24, 2.45) is 0 Å². The fraction of sp³-hybridized carbons (Fsp3) is 1.00. The summed E-state index contributed by atoms with van der Waals surface area (Å²) >= 11 is 0. The van der Waals surface area contributed by atoms with E-state index in [9.17, 15) is 21.6 Å². The third-order valence-corrected chi connectivity index (χ3v) is 2.85. The Balaban J connectivity index is 4.05. The Hall–Kier alpha value is -0.380. The quantitative estimate of drug-likeness (QED) is 0.612. The van der Waals surface area contributed by atoms with Gasteiger partial charge in [-0.2, -0.15) is 31.0 Å². The van der Waals surface area contributed by atoms with Crippen LogP contribution in [0.25, 0.3) is 0 Å². The maximum Gasteiger partial charge on any atom is 0.402 e. The van der Waals surface area contributed by atoms with Crippen LogP contribution < -0.4 is 9.44 Å². The van der Waals surface area contributed by atoms with E-state index < -0.39 is 29.0 Å². The number of hydrogen-bond donors (Lipinski definition) is 3. The molecule has 3 N–H and O–H groups in total. The molecule has 0 saturated heterocycles. The molecule has 0 radical (unpaired) electrons. The molecule has 5 nitrogen and oxygen atoms in total. The summed E-state index contributed by atoms with van der Waals surface area (Å²) in [5.41, 5.74) is 0. The second kappa shape index (κ2) is 6.38. The summed E-state index contributed by atoms with van der Waals surface area (Å²) in [6.07, 6.45) is -3.85. The summed E-state index contributed by atoms with van der Waals surface area (Å²) in [4.78, 5) is 0. The van der Waals surface area contributed by atoms with Crippen molar-refractivity contribution in [2.75, 3.05) is 13.2 Å². The van der Waals surface area contributed by atoms with E-state index in [0.29, 0.717) is 12.8 Å². The molecular weight excluding hydrogens is 249 g/mol. The number of nitrogens with one attached hydrogen (secondary N) is 2. The Bertz CT molecular complexity index is 292. The second-order valence-corrected chi connectivity index (χ2v) is 4.86. The minimum absolute atomic E-state index is 0.0952. The summed E-state index contributed by atoms with van der Waals surface area (Å²) in [5.74, 6) is 0. The minimum Gasteiger partial charge on any atom is -0.396 e. The number of halogens is 3. The highest BCUT2D eigenvalue weighted by atomic mass is 32.2. The predicted octanol–water partition coefficient (Wildman–Crippen LogP) is 0.134. The first-order valence-electron chi connectivity index (χ1n) is 4.61. The van der Waals surface area contributed by atoms with E-state index >= 15 is 0 Å². The molecule has 16 heavy (non-hydrogen) atoms. The maximum atomic E-state index is 11.7. The molecule has 9 heteroatoms. The first kappa shape index (κ1) is 15.6. The lowest BCUT2D eigenvalue weighted by molar-refractivity contribution is -0.121. The largest absolute Gasteiger partial charge is 0.402 e. The SMILES string of the molecule is CC(CCCO)NS(=O)(=O)NCC(F)(F)F. The summed E-state index contributed by atoms with van der Waals surface area (Å²) in [6, 6.07) is -0.530. The zero-order chi connectivity index (χ0) is 12.8. The van der Waals surface area contributed by atoms with Gasteiger partial charge in [0.25, 0.3) is 10.2 Å². The zero-order valence-corrected chi connectivity index (χ0v) is 9.53. The van der Waals surface area contributed by atoms with Gasteiger partial charge in [0.1, 0.15) is 6.54 Å². The molecule has 0 aromatic rings. The summed E-state index contributed by atoms with van der Waals surface area (Å²) < 4.78 is 60.7. The van der Waals surface area contributed by atoms with Crippen LogP contribution in [0, 0.1) is 0 Å². The Morgan fingerprint density at radius 1 is 1.38 bits per heavy atom. The van der Waals surface area contributed by atoms with Crippen molar-refractivity contribution in [3.63, 3.8) is 0 Å². The third-order valence-electron chi connectivity index (χ3n) is 1.61. The van der Waals surface area contributed by atoms with Gasteiger partial charge in [0.2, 0.25) is 0 Å². The van der Waals surface area contributed by atoms with Crippen LogP contribution in [-0.4, -0.2) is 38.9 Å². The van der Waals surface area contributed by atoms with Crippen molar-refractivity contribution >= 4 is 10.2 Å². The molecule has 98 valence electrons. The van der Waals surface area contributed by atoms with Gasteiger partial charge in [-0.05, 0) is 19.8 Å². The van der Waals surface area contributed by atoms with Gasteiger partial charge in [-0.1, -0.05) is 0 Å². The molecule has 0 saturated carbocycles. The summed E-state index contributed by atoms with van der Waals surface area (Å²) in [7, 11) is -4.15.